The van der Waals surface area contributed by atoms with Gasteiger partial charge in [0.1, 0.15) is 0 Å². The maximum absolute atomic E-state index is 5.31. The van der Waals surface area contributed by atoms with E-state index in [1.54, 1.807) is 23.5 Å². The molecule has 0 aliphatic carbocycles. The normalized spacial score (nSPS) is 28.9. The highest BCUT2D eigenvalue weighted by Gasteiger charge is 2.03. The number of thioether (sulfide) groups is 2. The fourth-order valence-electron chi connectivity index (χ4n) is 0.620. The SMILES string of the molecule is S/C1=C(\S)SCCOCCS1. The van der Waals surface area contributed by atoms with Crippen LogP contribution in [-0.4, -0.2) is 24.7 Å². The summed E-state index contributed by atoms with van der Waals surface area (Å²) in [6.45, 7) is 1.63. The van der Waals surface area contributed by atoms with Gasteiger partial charge < -0.3 is 4.74 Å². The molecule has 0 amide bonds. The van der Waals surface area contributed by atoms with E-state index in [1.165, 1.54) is 0 Å². The number of thiol groups is 2. The van der Waals surface area contributed by atoms with Gasteiger partial charge >= 0.3 is 0 Å². The molecule has 0 radical (unpaired) electrons. The summed E-state index contributed by atoms with van der Waals surface area (Å²) in [5.74, 6) is 1.95. The van der Waals surface area contributed by atoms with Gasteiger partial charge in [-0.15, -0.1) is 48.8 Å². The first-order valence-electron chi connectivity index (χ1n) is 3.26. The highest BCUT2D eigenvalue weighted by atomic mass is 32.2. The van der Waals surface area contributed by atoms with Crippen LogP contribution in [0, 0.1) is 0 Å². The minimum absolute atomic E-state index is 0.816. The summed E-state index contributed by atoms with van der Waals surface area (Å²) >= 11 is 12.0. The fourth-order valence-corrected chi connectivity index (χ4v) is 2.94. The average molecular weight is 226 g/mol. The molecule has 1 nitrogen and oxygen atoms in total. The second-order valence-electron chi connectivity index (χ2n) is 1.92. The predicted molar refractivity (Wildman–Crippen MR) is 60.7 cm³/mol. The van der Waals surface area contributed by atoms with Crippen LogP contribution in [-0.2, 0) is 4.74 Å². The molecule has 1 rings (SSSR count). The van der Waals surface area contributed by atoms with E-state index in [-0.39, 0.29) is 0 Å². The molecule has 0 unspecified atom stereocenters. The van der Waals surface area contributed by atoms with Gasteiger partial charge in [0.15, 0.2) is 0 Å². The molecule has 0 aromatic rings. The average Bonchev–Trinajstić information content (AvgIpc) is 2.07. The Balaban J connectivity index is 2.47. The lowest BCUT2D eigenvalue weighted by Gasteiger charge is -2.00. The third-order valence-electron chi connectivity index (χ3n) is 1.12. The zero-order valence-electron chi connectivity index (χ0n) is 5.95. The van der Waals surface area contributed by atoms with Crippen molar-refractivity contribution in [3.63, 3.8) is 0 Å². The van der Waals surface area contributed by atoms with E-state index >= 15 is 0 Å². The van der Waals surface area contributed by atoms with Crippen LogP contribution in [0.25, 0.3) is 0 Å². The van der Waals surface area contributed by atoms with E-state index in [0.29, 0.717) is 0 Å². The zero-order chi connectivity index (χ0) is 8.10. The van der Waals surface area contributed by atoms with Crippen LogP contribution in [0.1, 0.15) is 0 Å². The summed E-state index contributed by atoms with van der Waals surface area (Å²) in [6, 6.07) is 0. The van der Waals surface area contributed by atoms with Crippen molar-refractivity contribution in [1.29, 1.82) is 0 Å². The highest BCUT2D eigenvalue weighted by Crippen LogP contribution is 2.33. The molecule has 0 saturated heterocycles. The Morgan fingerprint density at radius 1 is 1.00 bits per heavy atom. The zero-order valence-corrected chi connectivity index (χ0v) is 9.37. The van der Waals surface area contributed by atoms with Crippen molar-refractivity contribution in [2.75, 3.05) is 24.7 Å². The minimum Gasteiger partial charge on any atom is -0.380 e. The molecule has 11 heavy (non-hydrogen) atoms. The summed E-state index contributed by atoms with van der Waals surface area (Å²) in [6.07, 6.45) is 0. The van der Waals surface area contributed by atoms with Gasteiger partial charge in [0.05, 0.1) is 21.7 Å². The third kappa shape index (κ3) is 4.03. The molecular formula is C6H10OS4. The number of ether oxygens (including phenoxy) is 1. The van der Waals surface area contributed by atoms with Gasteiger partial charge in [0.2, 0.25) is 0 Å². The van der Waals surface area contributed by atoms with E-state index in [9.17, 15) is 0 Å². The van der Waals surface area contributed by atoms with E-state index in [2.05, 4.69) is 25.3 Å². The first-order chi connectivity index (χ1) is 5.30. The Labute approximate surface area is 86.5 Å². The highest BCUT2D eigenvalue weighted by molar-refractivity contribution is 8.21. The van der Waals surface area contributed by atoms with Crippen molar-refractivity contribution < 1.29 is 4.74 Å². The lowest BCUT2D eigenvalue weighted by Crippen LogP contribution is -1.99. The summed E-state index contributed by atoms with van der Waals surface area (Å²) in [4.78, 5) is 0. The number of hydrogen-bond acceptors (Lipinski definition) is 5. The lowest BCUT2D eigenvalue weighted by atomic mass is 10.8. The van der Waals surface area contributed by atoms with Crippen molar-refractivity contribution in [1.82, 2.24) is 0 Å². The molecule has 0 saturated carbocycles. The van der Waals surface area contributed by atoms with Crippen LogP contribution in [0.4, 0.5) is 0 Å². The molecule has 1 aliphatic heterocycles. The Kier molecular flexibility index (Phi) is 5.27. The van der Waals surface area contributed by atoms with Gasteiger partial charge in [-0.05, 0) is 0 Å². The lowest BCUT2D eigenvalue weighted by molar-refractivity contribution is 0.167. The number of rotatable bonds is 0. The maximum atomic E-state index is 5.31. The quantitative estimate of drug-likeness (QED) is 0.615. The van der Waals surface area contributed by atoms with Gasteiger partial charge in [-0.1, -0.05) is 0 Å². The fraction of sp³-hybridized carbons (Fsp3) is 0.667. The van der Waals surface area contributed by atoms with Gasteiger partial charge in [0.25, 0.3) is 0 Å². The van der Waals surface area contributed by atoms with Crippen LogP contribution in [0.2, 0.25) is 0 Å². The van der Waals surface area contributed by atoms with Crippen LogP contribution in [0.3, 0.4) is 0 Å². The molecule has 0 aromatic heterocycles. The first-order valence-corrected chi connectivity index (χ1v) is 6.13. The third-order valence-corrected chi connectivity index (χ3v) is 4.64. The maximum Gasteiger partial charge on any atom is 0.0570 e. The van der Waals surface area contributed by atoms with Crippen molar-refractivity contribution in [2.45, 2.75) is 0 Å². The minimum atomic E-state index is 0.816. The molecule has 0 atom stereocenters. The summed E-state index contributed by atoms with van der Waals surface area (Å²) in [7, 11) is 0. The topological polar surface area (TPSA) is 9.23 Å². The Bertz CT molecular complexity index is 141. The van der Waals surface area contributed by atoms with E-state index in [1.807, 2.05) is 0 Å². The van der Waals surface area contributed by atoms with E-state index in [4.69, 9.17) is 4.74 Å². The molecule has 0 fully saturated rings. The van der Waals surface area contributed by atoms with Gasteiger partial charge in [0, 0.05) is 11.5 Å². The van der Waals surface area contributed by atoms with Crippen molar-refractivity contribution in [3.8, 4) is 0 Å². The number of hydrogen-bond donors (Lipinski definition) is 2. The predicted octanol–water partition coefficient (Wildman–Crippen LogP) is 2.47. The Morgan fingerprint density at radius 3 is 1.91 bits per heavy atom. The van der Waals surface area contributed by atoms with E-state index in [0.717, 1.165) is 33.2 Å². The molecule has 1 aliphatic rings. The summed E-state index contributed by atoms with van der Waals surface area (Å²) < 4.78 is 7.35. The molecule has 1 heterocycles. The van der Waals surface area contributed by atoms with Crippen LogP contribution in [0.15, 0.2) is 8.47 Å². The summed E-state index contributed by atoms with van der Waals surface area (Å²) in [5, 5.41) is 0. The van der Waals surface area contributed by atoms with Crippen LogP contribution < -0.4 is 0 Å². The van der Waals surface area contributed by atoms with Crippen LogP contribution >= 0.6 is 48.8 Å². The first kappa shape index (κ1) is 10.2. The molecule has 0 spiro atoms. The molecule has 0 aromatic carbocycles. The second-order valence-corrected chi connectivity index (χ2v) is 5.63. The summed E-state index contributed by atoms with van der Waals surface area (Å²) in [5.41, 5.74) is 0. The molecule has 0 N–H and O–H groups in total. The largest absolute Gasteiger partial charge is 0.380 e. The van der Waals surface area contributed by atoms with Gasteiger partial charge in [-0.2, -0.15) is 0 Å². The van der Waals surface area contributed by atoms with Crippen molar-refractivity contribution in [3.05, 3.63) is 8.47 Å². The molecular weight excluding hydrogens is 216 g/mol. The van der Waals surface area contributed by atoms with E-state index < -0.39 is 0 Å². The van der Waals surface area contributed by atoms with Crippen LogP contribution in [0.5, 0.6) is 0 Å². The molecule has 5 heteroatoms. The Hall–Kier alpha value is 1.10. The Morgan fingerprint density at radius 2 is 1.45 bits per heavy atom. The molecule has 64 valence electrons. The monoisotopic (exact) mass is 226 g/mol. The smallest absolute Gasteiger partial charge is 0.0570 e. The standard InChI is InChI=1S/C6H10OS4/c8-5-6(9)11-4-2-7-1-3-10-5/h8-9H,1-4H2/b6-5-. The van der Waals surface area contributed by atoms with Crippen molar-refractivity contribution >= 4 is 48.8 Å². The molecule has 0 bridgehead atoms. The van der Waals surface area contributed by atoms with Gasteiger partial charge in [-0.3, -0.25) is 0 Å². The second kappa shape index (κ2) is 5.70. The van der Waals surface area contributed by atoms with Crippen molar-refractivity contribution in [2.24, 2.45) is 0 Å². The van der Waals surface area contributed by atoms with Gasteiger partial charge in [-0.25, -0.2) is 0 Å².